The Morgan fingerprint density at radius 2 is 2.30 bits per heavy atom. The Morgan fingerprint density at radius 3 is 2.95 bits per heavy atom. The predicted octanol–water partition coefficient (Wildman–Crippen LogP) is 3.44. The van der Waals surface area contributed by atoms with Crippen molar-refractivity contribution in [3.8, 4) is 6.07 Å². The van der Waals surface area contributed by atoms with Crippen LogP contribution >= 0.6 is 0 Å². The monoisotopic (exact) mass is 272 g/mol. The third-order valence-electron chi connectivity index (χ3n) is 3.53. The molecule has 0 saturated heterocycles. The third-order valence-corrected chi connectivity index (χ3v) is 3.53. The SMILES string of the molecule is CC1CCCC/C1=N\Nc1ccc(C#N)cc1[N+](=O)[O-]. The van der Waals surface area contributed by atoms with Gasteiger partial charge in [-0.05, 0) is 37.3 Å². The molecule has 0 radical (unpaired) electrons. The van der Waals surface area contributed by atoms with E-state index in [-0.39, 0.29) is 11.3 Å². The first-order valence-corrected chi connectivity index (χ1v) is 6.63. The molecule has 6 heteroatoms. The number of nitro benzene ring substituents is 1. The summed E-state index contributed by atoms with van der Waals surface area (Å²) in [6, 6.07) is 6.21. The number of nitrogens with zero attached hydrogens (tertiary/aromatic N) is 3. The molecule has 1 aromatic carbocycles. The van der Waals surface area contributed by atoms with E-state index in [9.17, 15) is 10.1 Å². The highest BCUT2D eigenvalue weighted by Crippen LogP contribution is 2.26. The smallest absolute Gasteiger partial charge is 0.272 e. The summed E-state index contributed by atoms with van der Waals surface area (Å²) in [6.45, 7) is 2.12. The molecule has 6 nitrogen and oxygen atoms in total. The van der Waals surface area contributed by atoms with E-state index in [0.717, 1.165) is 25.0 Å². The summed E-state index contributed by atoms with van der Waals surface area (Å²) in [4.78, 5) is 10.5. The Bertz CT molecular complexity index is 589. The second-order valence-corrected chi connectivity index (χ2v) is 4.96. The molecule has 0 amide bonds. The van der Waals surface area contributed by atoms with E-state index < -0.39 is 4.92 Å². The molecule has 0 bridgehead atoms. The van der Waals surface area contributed by atoms with Crippen molar-refractivity contribution < 1.29 is 4.92 Å². The van der Waals surface area contributed by atoms with Gasteiger partial charge in [0, 0.05) is 11.8 Å². The third kappa shape index (κ3) is 3.12. The largest absolute Gasteiger partial charge is 0.295 e. The van der Waals surface area contributed by atoms with Crippen LogP contribution in [0.1, 0.15) is 38.2 Å². The summed E-state index contributed by atoms with van der Waals surface area (Å²) in [5.41, 5.74) is 4.29. The zero-order chi connectivity index (χ0) is 14.5. The Balaban J connectivity index is 2.23. The maximum absolute atomic E-state index is 11.0. The first-order valence-electron chi connectivity index (χ1n) is 6.63. The van der Waals surface area contributed by atoms with Crippen LogP contribution < -0.4 is 5.43 Å². The van der Waals surface area contributed by atoms with Gasteiger partial charge in [0.05, 0.1) is 16.6 Å². The molecule has 1 saturated carbocycles. The molecular formula is C14H16N4O2. The number of nitriles is 1. The van der Waals surface area contributed by atoms with Crippen molar-refractivity contribution in [2.75, 3.05) is 5.43 Å². The van der Waals surface area contributed by atoms with Crippen LogP contribution in [0, 0.1) is 27.4 Å². The average molecular weight is 272 g/mol. The van der Waals surface area contributed by atoms with E-state index >= 15 is 0 Å². The molecular weight excluding hydrogens is 256 g/mol. The number of hydrogen-bond acceptors (Lipinski definition) is 5. The van der Waals surface area contributed by atoms with Crippen LogP contribution in [0.4, 0.5) is 11.4 Å². The number of anilines is 1. The first kappa shape index (κ1) is 14.0. The molecule has 20 heavy (non-hydrogen) atoms. The summed E-state index contributed by atoms with van der Waals surface area (Å²) in [5.74, 6) is 0.411. The van der Waals surface area contributed by atoms with E-state index in [1.54, 1.807) is 6.07 Å². The second-order valence-electron chi connectivity index (χ2n) is 4.96. The molecule has 0 spiro atoms. The van der Waals surface area contributed by atoms with Crippen molar-refractivity contribution >= 4 is 17.1 Å². The van der Waals surface area contributed by atoms with Crippen molar-refractivity contribution in [3.63, 3.8) is 0 Å². The quantitative estimate of drug-likeness (QED) is 0.673. The molecule has 2 rings (SSSR count). The van der Waals surface area contributed by atoms with Crippen molar-refractivity contribution in [2.45, 2.75) is 32.6 Å². The van der Waals surface area contributed by atoms with Crippen molar-refractivity contribution in [3.05, 3.63) is 33.9 Å². The molecule has 1 aliphatic rings. The normalized spacial score (nSPS) is 20.4. The van der Waals surface area contributed by atoms with Gasteiger partial charge in [-0.2, -0.15) is 10.4 Å². The highest BCUT2D eigenvalue weighted by molar-refractivity contribution is 5.88. The number of benzene rings is 1. The lowest BCUT2D eigenvalue weighted by molar-refractivity contribution is -0.384. The topological polar surface area (TPSA) is 91.3 Å². The second kappa shape index (κ2) is 6.15. The van der Waals surface area contributed by atoms with Crippen LogP contribution in [-0.2, 0) is 0 Å². The number of nitrogens with one attached hydrogen (secondary N) is 1. The van der Waals surface area contributed by atoms with E-state index in [2.05, 4.69) is 17.5 Å². The lowest BCUT2D eigenvalue weighted by Gasteiger charge is -2.20. The summed E-state index contributed by atoms with van der Waals surface area (Å²) < 4.78 is 0. The molecule has 1 atom stereocenters. The Morgan fingerprint density at radius 1 is 1.50 bits per heavy atom. The summed E-state index contributed by atoms with van der Waals surface area (Å²) in [7, 11) is 0. The van der Waals surface area contributed by atoms with Gasteiger partial charge in [0.15, 0.2) is 0 Å². The molecule has 1 unspecified atom stereocenters. The van der Waals surface area contributed by atoms with Gasteiger partial charge >= 0.3 is 0 Å². The highest BCUT2D eigenvalue weighted by Gasteiger charge is 2.18. The Labute approximate surface area is 117 Å². The van der Waals surface area contributed by atoms with Gasteiger partial charge in [-0.15, -0.1) is 0 Å². The van der Waals surface area contributed by atoms with Gasteiger partial charge < -0.3 is 0 Å². The van der Waals surface area contributed by atoms with Crippen LogP contribution in [-0.4, -0.2) is 10.6 Å². The summed E-state index contributed by atoms with van der Waals surface area (Å²) >= 11 is 0. The fourth-order valence-electron chi connectivity index (χ4n) is 2.31. The van der Waals surface area contributed by atoms with Crippen LogP contribution in [0.3, 0.4) is 0 Å². The fraction of sp³-hybridized carbons (Fsp3) is 0.429. The number of rotatable bonds is 3. The number of hydrogen-bond donors (Lipinski definition) is 1. The molecule has 0 aromatic heterocycles. The minimum Gasteiger partial charge on any atom is -0.272 e. The average Bonchev–Trinajstić information content (AvgIpc) is 2.46. The minimum atomic E-state index is -0.506. The standard InChI is InChI=1S/C14H16N4O2/c1-10-4-2-3-5-12(10)16-17-13-7-6-11(9-15)8-14(13)18(19)20/h6-8,10,17H,2-5H2,1H3/b16-12+. The van der Waals surface area contributed by atoms with Crippen molar-refractivity contribution in [2.24, 2.45) is 11.0 Å². The Hall–Kier alpha value is -2.42. The van der Waals surface area contributed by atoms with E-state index in [1.807, 2.05) is 6.07 Å². The summed E-state index contributed by atoms with van der Waals surface area (Å²) in [6.07, 6.45) is 4.35. The van der Waals surface area contributed by atoms with Crippen LogP contribution in [0.5, 0.6) is 0 Å². The lowest BCUT2D eigenvalue weighted by atomic mass is 9.89. The molecule has 1 N–H and O–H groups in total. The maximum atomic E-state index is 11.0. The number of hydrazone groups is 1. The van der Waals surface area contributed by atoms with Crippen molar-refractivity contribution in [1.29, 1.82) is 5.26 Å². The molecule has 0 aliphatic heterocycles. The minimum absolute atomic E-state index is 0.128. The van der Waals surface area contributed by atoms with Gasteiger partial charge in [0.1, 0.15) is 5.69 Å². The Kier molecular flexibility index (Phi) is 4.31. The number of nitro groups is 1. The molecule has 1 aliphatic carbocycles. The van der Waals surface area contributed by atoms with Gasteiger partial charge in [-0.1, -0.05) is 13.3 Å². The molecule has 0 heterocycles. The summed E-state index contributed by atoms with van der Waals surface area (Å²) in [5, 5.41) is 24.1. The van der Waals surface area contributed by atoms with Crippen molar-refractivity contribution in [1.82, 2.24) is 0 Å². The van der Waals surface area contributed by atoms with E-state index in [0.29, 0.717) is 11.6 Å². The van der Waals surface area contributed by atoms with E-state index in [1.165, 1.54) is 18.6 Å². The zero-order valence-electron chi connectivity index (χ0n) is 11.3. The maximum Gasteiger partial charge on any atom is 0.295 e. The highest BCUT2D eigenvalue weighted by atomic mass is 16.6. The zero-order valence-corrected chi connectivity index (χ0v) is 11.3. The van der Waals surface area contributed by atoms with Gasteiger partial charge in [0.25, 0.3) is 5.69 Å². The first-order chi connectivity index (χ1) is 9.61. The molecule has 1 aromatic rings. The van der Waals surface area contributed by atoms with Gasteiger partial charge in [-0.3, -0.25) is 15.5 Å². The van der Waals surface area contributed by atoms with Gasteiger partial charge in [0.2, 0.25) is 0 Å². The van der Waals surface area contributed by atoms with Crippen LogP contribution in [0.25, 0.3) is 0 Å². The fourth-order valence-corrected chi connectivity index (χ4v) is 2.31. The molecule has 104 valence electrons. The van der Waals surface area contributed by atoms with Gasteiger partial charge in [-0.25, -0.2) is 0 Å². The molecule has 1 fully saturated rings. The van der Waals surface area contributed by atoms with E-state index in [4.69, 9.17) is 5.26 Å². The van der Waals surface area contributed by atoms with Crippen LogP contribution in [0.2, 0.25) is 0 Å². The lowest BCUT2D eigenvalue weighted by Crippen LogP contribution is -2.17. The predicted molar refractivity (Wildman–Crippen MR) is 76.5 cm³/mol. The van der Waals surface area contributed by atoms with Crippen LogP contribution in [0.15, 0.2) is 23.3 Å².